The molecule has 4 nitrogen and oxygen atoms in total. The van der Waals surface area contributed by atoms with Crippen LogP contribution in [-0.2, 0) is 11.2 Å². The van der Waals surface area contributed by atoms with Gasteiger partial charge in [0.1, 0.15) is 5.75 Å². The Bertz CT molecular complexity index is 496. The van der Waals surface area contributed by atoms with Crippen LogP contribution in [0, 0.1) is 5.92 Å². The molecule has 0 aromatic heterocycles. The van der Waals surface area contributed by atoms with Crippen molar-refractivity contribution in [2.75, 3.05) is 13.7 Å². The van der Waals surface area contributed by atoms with E-state index in [0.29, 0.717) is 18.5 Å². The standard InChI is InChI=1S/C15H19NO3/c1-3-16-14(17)9-10-7-8-11-12(15(10)18)5-4-6-13(11)19-2/h4-6,10H,3,7-9H2,1-2H3,(H,16,17). The first-order valence-corrected chi connectivity index (χ1v) is 6.64. The van der Waals surface area contributed by atoms with E-state index in [-0.39, 0.29) is 24.0 Å². The number of fused-ring (bicyclic) bond motifs is 1. The lowest BCUT2D eigenvalue weighted by atomic mass is 9.80. The van der Waals surface area contributed by atoms with Gasteiger partial charge in [-0.3, -0.25) is 9.59 Å². The van der Waals surface area contributed by atoms with Crippen molar-refractivity contribution in [1.29, 1.82) is 0 Å². The van der Waals surface area contributed by atoms with Crippen molar-refractivity contribution in [3.8, 4) is 5.75 Å². The number of ketones is 1. The van der Waals surface area contributed by atoms with Crippen LogP contribution in [0.5, 0.6) is 5.75 Å². The third-order valence-corrected chi connectivity index (χ3v) is 3.54. The summed E-state index contributed by atoms with van der Waals surface area (Å²) in [5.74, 6) is 0.576. The molecule has 0 radical (unpaired) electrons. The molecule has 19 heavy (non-hydrogen) atoms. The van der Waals surface area contributed by atoms with Gasteiger partial charge < -0.3 is 10.1 Å². The topological polar surface area (TPSA) is 55.4 Å². The molecule has 0 heterocycles. The molecule has 1 amide bonds. The first-order valence-electron chi connectivity index (χ1n) is 6.64. The second-order valence-electron chi connectivity index (χ2n) is 4.74. The van der Waals surface area contributed by atoms with Crippen molar-refractivity contribution >= 4 is 11.7 Å². The number of hydrogen-bond donors (Lipinski definition) is 1. The Morgan fingerprint density at radius 2 is 2.26 bits per heavy atom. The molecule has 0 spiro atoms. The van der Waals surface area contributed by atoms with E-state index in [1.807, 2.05) is 25.1 Å². The smallest absolute Gasteiger partial charge is 0.220 e. The summed E-state index contributed by atoms with van der Waals surface area (Å²) in [6.07, 6.45) is 1.78. The van der Waals surface area contributed by atoms with E-state index in [2.05, 4.69) is 5.32 Å². The molecule has 0 saturated heterocycles. The van der Waals surface area contributed by atoms with E-state index in [1.165, 1.54) is 0 Å². The highest BCUT2D eigenvalue weighted by molar-refractivity contribution is 6.02. The van der Waals surface area contributed by atoms with Crippen molar-refractivity contribution in [3.63, 3.8) is 0 Å². The van der Waals surface area contributed by atoms with Crippen molar-refractivity contribution < 1.29 is 14.3 Å². The van der Waals surface area contributed by atoms with Gasteiger partial charge in [0, 0.05) is 30.0 Å². The van der Waals surface area contributed by atoms with Crippen LogP contribution >= 0.6 is 0 Å². The lowest BCUT2D eigenvalue weighted by Crippen LogP contribution is -2.30. The second-order valence-corrected chi connectivity index (χ2v) is 4.74. The Hall–Kier alpha value is -1.84. The predicted molar refractivity (Wildman–Crippen MR) is 72.4 cm³/mol. The molecule has 2 rings (SSSR count). The van der Waals surface area contributed by atoms with Gasteiger partial charge in [-0.1, -0.05) is 12.1 Å². The van der Waals surface area contributed by atoms with E-state index >= 15 is 0 Å². The molecule has 0 saturated carbocycles. The summed E-state index contributed by atoms with van der Waals surface area (Å²) in [5, 5.41) is 2.74. The Morgan fingerprint density at radius 1 is 1.47 bits per heavy atom. The van der Waals surface area contributed by atoms with Crippen LogP contribution < -0.4 is 10.1 Å². The molecule has 1 aromatic rings. The van der Waals surface area contributed by atoms with E-state index in [4.69, 9.17) is 4.74 Å². The van der Waals surface area contributed by atoms with Crippen molar-refractivity contribution in [1.82, 2.24) is 5.32 Å². The van der Waals surface area contributed by atoms with Crippen LogP contribution in [0.3, 0.4) is 0 Å². The number of Topliss-reactive ketones (excluding diaryl/α,β-unsaturated/α-hetero) is 1. The number of carbonyl (C=O) groups excluding carboxylic acids is 2. The summed E-state index contributed by atoms with van der Waals surface area (Å²) in [4.78, 5) is 24.0. The maximum Gasteiger partial charge on any atom is 0.220 e. The van der Waals surface area contributed by atoms with Gasteiger partial charge in [0.05, 0.1) is 7.11 Å². The summed E-state index contributed by atoms with van der Waals surface area (Å²) in [6, 6.07) is 5.52. The molecule has 1 N–H and O–H groups in total. The summed E-state index contributed by atoms with van der Waals surface area (Å²) < 4.78 is 5.28. The highest BCUT2D eigenvalue weighted by Gasteiger charge is 2.30. The SMILES string of the molecule is CCNC(=O)CC1CCc2c(OC)cccc2C1=O. The van der Waals surface area contributed by atoms with E-state index in [9.17, 15) is 9.59 Å². The number of methoxy groups -OCH3 is 1. The highest BCUT2D eigenvalue weighted by Crippen LogP contribution is 2.33. The van der Waals surface area contributed by atoms with Crippen molar-refractivity contribution in [3.05, 3.63) is 29.3 Å². The van der Waals surface area contributed by atoms with Gasteiger partial charge in [0.25, 0.3) is 0 Å². The Kier molecular flexibility index (Phi) is 4.20. The van der Waals surface area contributed by atoms with Gasteiger partial charge in [-0.25, -0.2) is 0 Å². The third-order valence-electron chi connectivity index (χ3n) is 3.54. The van der Waals surface area contributed by atoms with E-state index < -0.39 is 0 Å². The highest BCUT2D eigenvalue weighted by atomic mass is 16.5. The van der Waals surface area contributed by atoms with Crippen LogP contribution in [0.15, 0.2) is 18.2 Å². The van der Waals surface area contributed by atoms with Crippen LogP contribution in [0.4, 0.5) is 0 Å². The average Bonchev–Trinajstić information content (AvgIpc) is 2.41. The van der Waals surface area contributed by atoms with Crippen LogP contribution in [-0.4, -0.2) is 25.3 Å². The minimum atomic E-state index is -0.203. The molecule has 1 aromatic carbocycles. The van der Waals surface area contributed by atoms with Gasteiger partial charge in [-0.15, -0.1) is 0 Å². The molecule has 0 aliphatic heterocycles. The monoisotopic (exact) mass is 261 g/mol. The number of ether oxygens (including phenoxy) is 1. The molecule has 4 heteroatoms. The third kappa shape index (κ3) is 2.78. The molecular formula is C15H19NO3. The number of nitrogens with one attached hydrogen (secondary N) is 1. The average molecular weight is 261 g/mol. The maximum absolute atomic E-state index is 12.4. The molecule has 1 aliphatic carbocycles. The normalized spacial score (nSPS) is 17.8. The van der Waals surface area contributed by atoms with Crippen LogP contribution in [0.1, 0.15) is 35.7 Å². The lowest BCUT2D eigenvalue weighted by Gasteiger charge is -2.24. The van der Waals surface area contributed by atoms with Crippen molar-refractivity contribution in [2.24, 2.45) is 5.92 Å². The van der Waals surface area contributed by atoms with E-state index in [0.717, 1.165) is 17.7 Å². The molecular weight excluding hydrogens is 242 g/mol. The summed E-state index contributed by atoms with van der Waals surface area (Å²) in [7, 11) is 1.61. The second kappa shape index (κ2) is 5.87. The van der Waals surface area contributed by atoms with Gasteiger partial charge in [-0.2, -0.15) is 0 Å². The largest absolute Gasteiger partial charge is 0.496 e. The molecule has 0 fully saturated rings. The number of carbonyl (C=O) groups is 2. The number of amides is 1. The Balaban J connectivity index is 2.18. The van der Waals surface area contributed by atoms with Crippen LogP contribution in [0.25, 0.3) is 0 Å². The quantitative estimate of drug-likeness (QED) is 0.901. The first-order chi connectivity index (χ1) is 9.17. The fourth-order valence-electron chi connectivity index (χ4n) is 2.60. The number of hydrogen-bond acceptors (Lipinski definition) is 3. The lowest BCUT2D eigenvalue weighted by molar-refractivity contribution is -0.121. The van der Waals surface area contributed by atoms with Crippen LogP contribution in [0.2, 0.25) is 0 Å². The number of benzene rings is 1. The zero-order valence-corrected chi connectivity index (χ0v) is 11.4. The molecule has 102 valence electrons. The van der Waals surface area contributed by atoms with Gasteiger partial charge in [0.2, 0.25) is 5.91 Å². The molecule has 1 unspecified atom stereocenters. The summed E-state index contributed by atoms with van der Waals surface area (Å²) in [5.41, 5.74) is 1.68. The predicted octanol–water partition coefficient (Wildman–Crippen LogP) is 1.97. The zero-order chi connectivity index (χ0) is 13.8. The summed E-state index contributed by atoms with van der Waals surface area (Å²) >= 11 is 0. The molecule has 0 bridgehead atoms. The Morgan fingerprint density at radius 3 is 2.95 bits per heavy atom. The Labute approximate surface area is 113 Å². The van der Waals surface area contributed by atoms with Crippen molar-refractivity contribution in [2.45, 2.75) is 26.2 Å². The number of rotatable bonds is 4. The minimum absolute atomic E-state index is 0.0489. The van der Waals surface area contributed by atoms with Gasteiger partial charge >= 0.3 is 0 Å². The molecule has 1 atom stereocenters. The zero-order valence-electron chi connectivity index (χ0n) is 11.4. The van der Waals surface area contributed by atoms with Gasteiger partial charge in [-0.05, 0) is 25.8 Å². The fraction of sp³-hybridized carbons (Fsp3) is 0.467. The summed E-state index contributed by atoms with van der Waals surface area (Å²) in [6.45, 7) is 2.48. The molecule has 1 aliphatic rings. The van der Waals surface area contributed by atoms with Gasteiger partial charge in [0.15, 0.2) is 5.78 Å². The first kappa shape index (κ1) is 13.6. The minimum Gasteiger partial charge on any atom is -0.496 e. The van der Waals surface area contributed by atoms with E-state index in [1.54, 1.807) is 7.11 Å². The maximum atomic E-state index is 12.4. The fourth-order valence-corrected chi connectivity index (χ4v) is 2.60.